The van der Waals surface area contributed by atoms with Crippen molar-refractivity contribution in [2.45, 2.75) is 6.42 Å². The Bertz CT molecular complexity index is 406. The van der Waals surface area contributed by atoms with Gasteiger partial charge in [0.15, 0.2) is 5.13 Å². The van der Waals surface area contributed by atoms with Crippen LogP contribution in [0, 0.1) is 11.8 Å². The van der Waals surface area contributed by atoms with Crippen molar-refractivity contribution in [2.75, 3.05) is 25.6 Å². The van der Waals surface area contributed by atoms with Crippen LogP contribution in [0.2, 0.25) is 0 Å². The molecule has 1 aromatic heterocycles. The van der Waals surface area contributed by atoms with E-state index in [4.69, 9.17) is 10.5 Å². The molecule has 0 atom stereocenters. The lowest BCUT2D eigenvalue weighted by Crippen LogP contribution is -2.13. The molecule has 0 aliphatic carbocycles. The maximum absolute atomic E-state index is 11.3. The highest BCUT2D eigenvalue weighted by Gasteiger charge is 2.05. The van der Waals surface area contributed by atoms with Crippen molar-refractivity contribution < 1.29 is 9.53 Å². The van der Waals surface area contributed by atoms with Crippen LogP contribution < -0.4 is 11.1 Å². The van der Waals surface area contributed by atoms with E-state index in [-0.39, 0.29) is 5.91 Å². The van der Waals surface area contributed by atoms with Gasteiger partial charge in [-0.25, -0.2) is 4.98 Å². The molecule has 0 aliphatic heterocycles. The number of aromatic nitrogens is 1. The van der Waals surface area contributed by atoms with Gasteiger partial charge >= 0.3 is 0 Å². The Morgan fingerprint density at radius 1 is 1.75 bits per heavy atom. The molecule has 1 heterocycles. The first-order valence-corrected chi connectivity index (χ1v) is 5.51. The van der Waals surface area contributed by atoms with Gasteiger partial charge in [-0.1, -0.05) is 23.2 Å². The van der Waals surface area contributed by atoms with Crippen molar-refractivity contribution in [3.63, 3.8) is 0 Å². The van der Waals surface area contributed by atoms with Crippen molar-refractivity contribution in [2.24, 2.45) is 5.73 Å². The van der Waals surface area contributed by atoms with Crippen LogP contribution in [0.25, 0.3) is 0 Å². The van der Waals surface area contributed by atoms with E-state index in [9.17, 15) is 4.79 Å². The molecule has 16 heavy (non-hydrogen) atoms. The zero-order valence-electron chi connectivity index (χ0n) is 8.95. The fraction of sp³-hybridized carbons (Fsp3) is 0.400. The Morgan fingerprint density at radius 2 is 2.56 bits per heavy atom. The second kappa shape index (κ2) is 6.95. The second-order valence-corrected chi connectivity index (χ2v) is 3.86. The Kier molecular flexibility index (Phi) is 5.50. The minimum Gasteiger partial charge on any atom is -0.384 e. The number of thiazole rings is 1. The second-order valence-electron chi connectivity index (χ2n) is 2.83. The quantitative estimate of drug-likeness (QED) is 0.747. The minimum atomic E-state index is -0.116. The molecule has 0 aliphatic rings. The number of nitrogens with two attached hydrogens (primary N) is 1. The molecular weight excluding hydrogens is 226 g/mol. The SMILES string of the molecule is COCCC(=O)Nc1ncc(C#CCN)s1. The van der Waals surface area contributed by atoms with Crippen molar-refractivity contribution in [3.8, 4) is 11.8 Å². The summed E-state index contributed by atoms with van der Waals surface area (Å²) in [5.41, 5.74) is 5.25. The van der Waals surface area contributed by atoms with E-state index in [1.807, 2.05) is 0 Å². The summed E-state index contributed by atoms with van der Waals surface area (Å²) in [6, 6.07) is 0. The van der Waals surface area contributed by atoms with Gasteiger partial charge in [0, 0.05) is 7.11 Å². The number of nitrogens with one attached hydrogen (secondary N) is 1. The Labute approximate surface area is 98.0 Å². The van der Waals surface area contributed by atoms with Gasteiger partial charge < -0.3 is 15.8 Å². The van der Waals surface area contributed by atoms with E-state index in [0.717, 1.165) is 4.88 Å². The van der Waals surface area contributed by atoms with Crippen LogP contribution in [-0.4, -0.2) is 31.2 Å². The van der Waals surface area contributed by atoms with Crippen LogP contribution in [0.15, 0.2) is 6.20 Å². The lowest BCUT2D eigenvalue weighted by Gasteiger charge is -1.99. The van der Waals surface area contributed by atoms with E-state index in [1.54, 1.807) is 13.3 Å². The summed E-state index contributed by atoms with van der Waals surface area (Å²) in [4.78, 5) is 16.1. The van der Waals surface area contributed by atoms with Gasteiger partial charge in [-0.2, -0.15) is 0 Å². The number of carbonyl (C=O) groups excluding carboxylic acids is 1. The molecule has 1 aromatic rings. The lowest BCUT2D eigenvalue weighted by molar-refractivity contribution is -0.117. The Hall–Kier alpha value is -1.42. The van der Waals surface area contributed by atoms with Crippen molar-refractivity contribution in [1.82, 2.24) is 4.98 Å². The van der Waals surface area contributed by atoms with Crippen LogP contribution in [-0.2, 0) is 9.53 Å². The molecule has 0 spiro atoms. The third kappa shape index (κ3) is 4.40. The molecule has 0 fully saturated rings. The van der Waals surface area contributed by atoms with Gasteiger partial charge in [-0.3, -0.25) is 4.79 Å². The third-order valence-corrected chi connectivity index (χ3v) is 2.43. The van der Waals surface area contributed by atoms with Gasteiger partial charge in [-0.05, 0) is 0 Å². The highest BCUT2D eigenvalue weighted by atomic mass is 32.1. The number of rotatable bonds is 4. The van der Waals surface area contributed by atoms with Crippen molar-refractivity contribution in [1.29, 1.82) is 0 Å². The van der Waals surface area contributed by atoms with Crippen LogP contribution >= 0.6 is 11.3 Å². The van der Waals surface area contributed by atoms with E-state index in [1.165, 1.54) is 11.3 Å². The van der Waals surface area contributed by atoms with E-state index in [2.05, 4.69) is 22.1 Å². The van der Waals surface area contributed by atoms with Gasteiger partial charge in [-0.15, -0.1) is 0 Å². The van der Waals surface area contributed by atoms with Crippen molar-refractivity contribution >= 4 is 22.4 Å². The highest BCUT2D eigenvalue weighted by molar-refractivity contribution is 7.16. The summed E-state index contributed by atoms with van der Waals surface area (Å²) in [6.45, 7) is 0.713. The average molecular weight is 239 g/mol. The maximum Gasteiger partial charge on any atom is 0.228 e. The minimum absolute atomic E-state index is 0.116. The first-order valence-electron chi connectivity index (χ1n) is 4.70. The first-order chi connectivity index (χ1) is 7.76. The monoisotopic (exact) mass is 239 g/mol. The number of carbonyl (C=O) groups is 1. The zero-order chi connectivity index (χ0) is 11.8. The molecule has 0 saturated carbocycles. The smallest absolute Gasteiger partial charge is 0.228 e. The summed E-state index contributed by atoms with van der Waals surface area (Å²) in [6.07, 6.45) is 1.93. The summed E-state index contributed by atoms with van der Waals surface area (Å²) in [7, 11) is 1.55. The standard InChI is InChI=1S/C10H13N3O2S/c1-15-6-4-9(14)13-10-12-7-8(16-10)3-2-5-11/h7H,4-6,11H2,1H3,(H,12,13,14). The number of hydrogen-bond acceptors (Lipinski definition) is 5. The molecule has 3 N–H and O–H groups in total. The van der Waals surface area contributed by atoms with Crippen LogP contribution in [0.3, 0.4) is 0 Å². The number of methoxy groups -OCH3 is 1. The molecule has 1 rings (SSSR count). The van der Waals surface area contributed by atoms with E-state index >= 15 is 0 Å². The number of hydrogen-bond donors (Lipinski definition) is 2. The van der Waals surface area contributed by atoms with Gasteiger partial charge in [0.1, 0.15) is 0 Å². The fourth-order valence-electron chi connectivity index (χ4n) is 0.904. The lowest BCUT2D eigenvalue weighted by atomic mass is 10.4. The molecular formula is C10H13N3O2S. The van der Waals surface area contributed by atoms with E-state index in [0.29, 0.717) is 24.7 Å². The van der Waals surface area contributed by atoms with Gasteiger partial charge in [0.05, 0.1) is 30.6 Å². The molecule has 0 radical (unpaired) electrons. The average Bonchev–Trinajstić information content (AvgIpc) is 2.71. The Balaban J connectivity index is 2.48. The number of ether oxygens (including phenoxy) is 1. The van der Waals surface area contributed by atoms with Crippen molar-refractivity contribution in [3.05, 3.63) is 11.1 Å². The molecule has 86 valence electrons. The number of amides is 1. The summed E-state index contributed by atoms with van der Waals surface area (Å²) >= 11 is 1.32. The summed E-state index contributed by atoms with van der Waals surface area (Å²) < 4.78 is 4.79. The van der Waals surface area contributed by atoms with Gasteiger partial charge in [0.2, 0.25) is 5.91 Å². The summed E-state index contributed by atoms with van der Waals surface area (Å²) in [5.74, 6) is 5.45. The third-order valence-electron chi connectivity index (χ3n) is 1.60. The van der Waals surface area contributed by atoms with E-state index < -0.39 is 0 Å². The van der Waals surface area contributed by atoms with Crippen LogP contribution in [0.4, 0.5) is 5.13 Å². The molecule has 0 saturated heterocycles. The predicted octanol–water partition coefficient (Wildman–Crippen LogP) is 0.428. The normalized spacial score (nSPS) is 9.38. The largest absolute Gasteiger partial charge is 0.384 e. The van der Waals surface area contributed by atoms with Crippen LogP contribution in [0.1, 0.15) is 11.3 Å². The molecule has 0 unspecified atom stereocenters. The number of nitrogens with zero attached hydrogens (tertiary/aromatic N) is 1. The highest BCUT2D eigenvalue weighted by Crippen LogP contribution is 2.16. The first kappa shape index (κ1) is 12.6. The Morgan fingerprint density at radius 3 is 3.25 bits per heavy atom. The van der Waals surface area contributed by atoms with Gasteiger partial charge in [0.25, 0.3) is 0 Å². The maximum atomic E-state index is 11.3. The molecule has 0 aromatic carbocycles. The molecule has 5 nitrogen and oxygen atoms in total. The predicted molar refractivity (Wildman–Crippen MR) is 63.2 cm³/mol. The topological polar surface area (TPSA) is 77.2 Å². The van der Waals surface area contributed by atoms with Crippen LogP contribution in [0.5, 0.6) is 0 Å². The number of anilines is 1. The summed E-state index contributed by atoms with van der Waals surface area (Å²) in [5, 5.41) is 3.21. The molecule has 6 heteroatoms. The molecule has 1 amide bonds. The fourth-order valence-corrected chi connectivity index (χ4v) is 1.61. The zero-order valence-corrected chi connectivity index (χ0v) is 9.76. The molecule has 0 bridgehead atoms.